The summed E-state index contributed by atoms with van der Waals surface area (Å²) in [5, 5.41) is 3.36. The van der Waals surface area contributed by atoms with Crippen LogP contribution in [0.3, 0.4) is 0 Å². The molecule has 1 aromatic rings. The van der Waals surface area contributed by atoms with Crippen LogP contribution in [0.1, 0.15) is 12.8 Å². The molecule has 2 N–H and O–H groups in total. The highest BCUT2D eigenvalue weighted by molar-refractivity contribution is 8.25. The lowest BCUT2D eigenvalue weighted by Crippen LogP contribution is -2.44. The Bertz CT molecular complexity index is 858. The van der Waals surface area contributed by atoms with E-state index in [0.717, 1.165) is 29.9 Å². The first-order chi connectivity index (χ1) is 14.3. The Morgan fingerprint density at radius 2 is 1.83 bits per heavy atom. The van der Waals surface area contributed by atoms with Crippen molar-refractivity contribution in [3.05, 3.63) is 34.2 Å². The monoisotopic (exact) mass is 443 g/mol. The summed E-state index contributed by atoms with van der Waals surface area (Å²) in [6, 6.07) is 2.23. The average Bonchev–Trinajstić information content (AvgIpc) is 3.05. The maximum atomic E-state index is 14.8. The van der Waals surface area contributed by atoms with E-state index in [2.05, 4.69) is 10.0 Å². The van der Waals surface area contributed by atoms with Crippen molar-refractivity contribution < 1.29 is 27.4 Å². The summed E-state index contributed by atoms with van der Waals surface area (Å²) >= 11 is 0. The van der Waals surface area contributed by atoms with E-state index in [9.17, 15) is 22.7 Å². The smallest absolute Gasteiger partial charge is 0.414 e. The van der Waals surface area contributed by atoms with Crippen molar-refractivity contribution in [2.75, 3.05) is 47.5 Å². The molecule has 3 aliphatic heterocycles. The van der Waals surface area contributed by atoms with E-state index in [0.29, 0.717) is 30.5 Å². The van der Waals surface area contributed by atoms with Gasteiger partial charge >= 0.3 is 6.09 Å². The molecular formula is C18H23F2N5O4S. The highest BCUT2D eigenvalue weighted by Crippen LogP contribution is 2.55. The number of piperidine rings is 1. The summed E-state index contributed by atoms with van der Waals surface area (Å²) in [5.74, 6) is -0.0450. The summed E-state index contributed by atoms with van der Waals surface area (Å²) in [4.78, 5) is 17.4. The molecular weight excluding hydrogens is 420 g/mol. The number of hydrogen-bond acceptors (Lipinski definition) is 6. The van der Waals surface area contributed by atoms with Crippen LogP contribution in [0.2, 0.25) is 0 Å². The van der Waals surface area contributed by atoms with E-state index < -0.39 is 34.4 Å². The summed E-state index contributed by atoms with van der Waals surface area (Å²) in [5.41, 5.74) is 8.30. The molecule has 1 amide bonds. The van der Waals surface area contributed by atoms with Gasteiger partial charge in [-0.2, -0.15) is 10.6 Å². The predicted octanol–water partition coefficient (Wildman–Crippen LogP) is 4.20. The van der Waals surface area contributed by atoms with Gasteiger partial charge < -0.3 is 9.64 Å². The third-order valence-electron chi connectivity index (χ3n) is 6.02. The molecule has 0 aromatic heterocycles. The van der Waals surface area contributed by atoms with Crippen LogP contribution >= 0.6 is 10.6 Å². The second kappa shape index (κ2) is 8.10. The summed E-state index contributed by atoms with van der Waals surface area (Å²) < 4.78 is 53.9. The standard InChI is InChI=1S/C18H23F2N5O4S/c19-15-5-13(25-8-14(7-22-23-21)29-18(25)26)6-16(20)17(15)24-3-1-11(2-4-24)12-9-30(27,28)10-12/h5-6,11-12,14,27-28H,1-4,7-10H2. The van der Waals surface area contributed by atoms with Gasteiger partial charge in [0.1, 0.15) is 11.8 Å². The van der Waals surface area contributed by atoms with Gasteiger partial charge in [-0.3, -0.25) is 14.0 Å². The minimum atomic E-state index is -2.39. The van der Waals surface area contributed by atoms with Crippen molar-refractivity contribution in [3.8, 4) is 0 Å². The van der Waals surface area contributed by atoms with Crippen LogP contribution in [0.25, 0.3) is 10.4 Å². The van der Waals surface area contributed by atoms with E-state index in [1.54, 1.807) is 4.90 Å². The Kier molecular flexibility index (Phi) is 5.67. The number of nitrogens with zero attached hydrogens (tertiary/aromatic N) is 5. The minimum absolute atomic E-state index is 0.0437. The van der Waals surface area contributed by atoms with Crippen LogP contribution in [0, 0.1) is 23.5 Å². The summed E-state index contributed by atoms with van der Waals surface area (Å²) in [6.45, 7) is 0.954. The number of azide groups is 1. The van der Waals surface area contributed by atoms with Crippen LogP contribution in [0.4, 0.5) is 25.0 Å². The Hall–Kier alpha value is -2.27. The molecule has 1 aromatic carbocycles. The van der Waals surface area contributed by atoms with Gasteiger partial charge in [-0.25, -0.2) is 13.6 Å². The number of hydrogen-bond donors (Lipinski definition) is 2. The lowest BCUT2D eigenvalue weighted by atomic mass is 9.85. The fraction of sp³-hybridized carbons (Fsp3) is 0.611. The molecule has 3 aliphatic rings. The van der Waals surface area contributed by atoms with Gasteiger partial charge in [0, 0.05) is 41.6 Å². The molecule has 0 bridgehead atoms. The van der Waals surface area contributed by atoms with Crippen molar-refractivity contribution in [2.24, 2.45) is 17.0 Å². The molecule has 164 valence electrons. The van der Waals surface area contributed by atoms with E-state index in [1.807, 2.05) is 0 Å². The van der Waals surface area contributed by atoms with Crippen LogP contribution in [-0.2, 0) is 4.74 Å². The van der Waals surface area contributed by atoms with E-state index in [1.165, 1.54) is 0 Å². The molecule has 0 spiro atoms. The normalized spacial score (nSPS) is 25.5. The van der Waals surface area contributed by atoms with Crippen LogP contribution in [0.15, 0.2) is 17.2 Å². The van der Waals surface area contributed by atoms with Gasteiger partial charge in [0.15, 0.2) is 11.6 Å². The molecule has 1 atom stereocenters. The first kappa shape index (κ1) is 21.0. The molecule has 9 nitrogen and oxygen atoms in total. The number of carbonyl (C=O) groups excluding carboxylic acids is 1. The highest BCUT2D eigenvalue weighted by Gasteiger charge is 2.40. The van der Waals surface area contributed by atoms with E-state index in [-0.39, 0.29) is 30.4 Å². The zero-order chi connectivity index (χ0) is 21.5. The minimum Gasteiger partial charge on any atom is -0.444 e. The summed E-state index contributed by atoms with van der Waals surface area (Å²) in [6.07, 6.45) is 0.0656. The van der Waals surface area contributed by atoms with Crippen molar-refractivity contribution in [1.29, 1.82) is 0 Å². The third kappa shape index (κ3) is 4.13. The van der Waals surface area contributed by atoms with Gasteiger partial charge in [-0.15, -0.1) is 0 Å². The van der Waals surface area contributed by atoms with E-state index >= 15 is 0 Å². The Balaban J connectivity index is 1.42. The fourth-order valence-corrected chi connectivity index (χ4v) is 6.29. The van der Waals surface area contributed by atoms with Crippen molar-refractivity contribution in [2.45, 2.75) is 18.9 Å². The second-order valence-electron chi connectivity index (χ2n) is 8.01. The molecule has 0 radical (unpaired) electrons. The fourth-order valence-electron chi connectivity index (χ4n) is 4.47. The highest BCUT2D eigenvalue weighted by atomic mass is 32.3. The van der Waals surface area contributed by atoms with Crippen molar-refractivity contribution in [1.82, 2.24) is 0 Å². The van der Waals surface area contributed by atoms with Crippen molar-refractivity contribution >= 4 is 28.1 Å². The zero-order valence-electron chi connectivity index (χ0n) is 16.2. The van der Waals surface area contributed by atoms with E-state index in [4.69, 9.17) is 10.3 Å². The third-order valence-corrected chi connectivity index (χ3v) is 7.94. The van der Waals surface area contributed by atoms with Crippen molar-refractivity contribution in [3.63, 3.8) is 0 Å². The molecule has 3 heterocycles. The van der Waals surface area contributed by atoms with Crippen LogP contribution in [-0.4, -0.2) is 59.0 Å². The topological polar surface area (TPSA) is 122 Å². The molecule has 3 fully saturated rings. The molecule has 0 aliphatic carbocycles. The number of halogens is 2. The number of anilines is 2. The van der Waals surface area contributed by atoms with Crippen LogP contribution in [0.5, 0.6) is 0 Å². The number of carbonyl (C=O) groups is 1. The quantitative estimate of drug-likeness (QED) is 0.401. The second-order valence-corrected chi connectivity index (χ2v) is 10.3. The Morgan fingerprint density at radius 1 is 1.20 bits per heavy atom. The number of cyclic esters (lactones) is 1. The Morgan fingerprint density at radius 3 is 2.40 bits per heavy atom. The lowest BCUT2D eigenvalue weighted by molar-refractivity contribution is 0.145. The molecule has 3 saturated heterocycles. The number of rotatable bonds is 5. The zero-order valence-corrected chi connectivity index (χ0v) is 17.0. The van der Waals surface area contributed by atoms with Gasteiger partial charge in [0.05, 0.1) is 18.8 Å². The lowest BCUT2D eigenvalue weighted by Gasteiger charge is -2.51. The number of benzene rings is 1. The van der Waals surface area contributed by atoms with Gasteiger partial charge in [0.2, 0.25) is 0 Å². The first-order valence-electron chi connectivity index (χ1n) is 9.74. The van der Waals surface area contributed by atoms with Crippen LogP contribution < -0.4 is 9.80 Å². The number of ether oxygens (including phenoxy) is 1. The SMILES string of the molecule is [N-]=[N+]=NCC1CN(c2cc(F)c(N3CCC(C4CS(O)(O)C4)CC3)c(F)c2)C(=O)O1. The molecule has 4 rings (SSSR count). The number of amides is 1. The molecule has 1 unspecified atom stereocenters. The maximum absolute atomic E-state index is 14.8. The van der Waals surface area contributed by atoms with Gasteiger partial charge in [-0.05, 0) is 30.2 Å². The average molecular weight is 443 g/mol. The maximum Gasteiger partial charge on any atom is 0.414 e. The largest absolute Gasteiger partial charge is 0.444 e. The molecule has 12 heteroatoms. The van der Waals surface area contributed by atoms with Gasteiger partial charge in [-0.1, -0.05) is 5.11 Å². The molecule has 30 heavy (non-hydrogen) atoms. The predicted molar refractivity (Wildman–Crippen MR) is 109 cm³/mol. The molecule has 0 saturated carbocycles. The first-order valence-corrected chi connectivity index (χ1v) is 11.6. The Labute approximate surface area is 173 Å². The van der Waals surface area contributed by atoms with Gasteiger partial charge in [0.25, 0.3) is 0 Å². The summed E-state index contributed by atoms with van der Waals surface area (Å²) in [7, 11) is -2.39.